The number of carbonyl (C=O) groups excluding carboxylic acids is 2. The maximum absolute atomic E-state index is 14.1. The standard InChI is InChI=1S/C17H21F2NO3.C7H13N3O2/c1-10(2)7-11(3)20-9-12(8-15(20)21)23-17-13(18)5-6-14(22-4)16(17)19;8-7(10-6-12)2-4-9-3-1-5-11/h5-6,8,10-11H,7,9H2,1-4H3;2,4,6,9,11H,1,3,5H2,(H2,8,10,12)/b;4-2-. The smallest absolute Gasteiger partial charge is 0.250 e. The Labute approximate surface area is 204 Å². The van der Waals surface area contributed by atoms with E-state index >= 15 is 0 Å². The number of amides is 2. The summed E-state index contributed by atoms with van der Waals surface area (Å²) in [6.07, 6.45) is 6.23. The number of aliphatic imine (C=N–C) groups is 1. The van der Waals surface area contributed by atoms with Crippen molar-refractivity contribution in [3.8, 4) is 11.5 Å². The highest BCUT2D eigenvalue weighted by Gasteiger charge is 2.29. The molecule has 2 rings (SSSR count). The molecule has 1 unspecified atom stereocenters. The first-order chi connectivity index (χ1) is 16.6. The van der Waals surface area contributed by atoms with E-state index in [9.17, 15) is 18.4 Å². The average Bonchev–Trinajstić information content (AvgIpc) is 3.17. The van der Waals surface area contributed by atoms with Crippen LogP contribution in [0.2, 0.25) is 0 Å². The minimum Gasteiger partial charge on any atom is -0.494 e. The molecule has 11 heteroatoms. The zero-order valence-electron chi connectivity index (χ0n) is 20.5. The lowest BCUT2D eigenvalue weighted by Crippen LogP contribution is -2.36. The Bertz CT molecular complexity index is 935. The maximum Gasteiger partial charge on any atom is 0.250 e. The Morgan fingerprint density at radius 1 is 1.34 bits per heavy atom. The third-order valence-electron chi connectivity index (χ3n) is 4.76. The second-order valence-corrected chi connectivity index (χ2v) is 8.07. The van der Waals surface area contributed by atoms with E-state index in [1.54, 1.807) is 11.1 Å². The normalized spacial score (nSPS) is 14.5. The number of nitrogens with zero attached hydrogens (tertiary/aromatic N) is 2. The predicted octanol–water partition coefficient (Wildman–Crippen LogP) is 2.50. The largest absolute Gasteiger partial charge is 0.494 e. The van der Waals surface area contributed by atoms with Gasteiger partial charge in [0.2, 0.25) is 18.0 Å². The Kier molecular flexibility index (Phi) is 13.0. The van der Waals surface area contributed by atoms with Crippen LogP contribution in [0.3, 0.4) is 0 Å². The zero-order chi connectivity index (χ0) is 26.4. The van der Waals surface area contributed by atoms with Crippen LogP contribution < -0.4 is 20.5 Å². The van der Waals surface area contributed by atoms with Crippen molar-refractivity contribution in [3.63, 3.8) is 0 Å². The number of amidine groups is 1. The predicted molar refractivity (Wildman–Crippen MR) is 129 cm³/mol. The SMILES string of the molecule is COc1ccc(F)c(OC2=CC(=O)N(C(C)CC(C)C)C2)c1F.NC(/C=C\NCCCO)=NC=O. The first-order valence-electron chi connectivity index (χ1n) is 11.1. The average molecular weight is 497 g/mol. The quantitative estimate of drug-likeness (QED) is 0.176. The van der Waals surface area contributed by atoms with Crippen molar-refractivity contribution < 1.29 is 33.0 Å². The Morgan fingerprint density at radius 3 is 2.66 bits per heavy atom. The molecule has 1 aliphatic rings. The molecule has 0 aromatic heterocycles. The van der Waals surface area contributed by atoms with Crippen molar-refractivity contribution in [2.45, 2.75) is 39.7 Å². The van der Waals surface area contributed by atoms with Gasteiger partial charge in [0, 0.05) is 31.5 Å². The summed E-state index contributed by atoms with van der Waals surface area (Å²) < 4.78 is 38.0. The van der Waals surface area contributed by atoms with E-state index < -0.39 is 17.4 Å². The van der Waals surface area contributed by atoms with Crippen LogP contribution in [0.1, 0.15) is 33.6 Å². The van der Waals surface area contributed by atoms with Gasteiger partial charge in [-0.1, -0.05) is 13.8 Å². The number of hydrogen-bond acceptors (Lipinski definition) is 6. The fourth-order valence-corrected chi connectivity index (χ4v) is 3.17. The molecular weight excluding hydrogens is 462 g/mol. The number of benzene rings is 1. The van der Waals surface area contributed by atoms with Gasteiger partial charge in [0.05, 0.1) is 13.7 Å². The molecule has 1 aromatic carbocycles. The third kappa shape index (κ3) is 10.1. The van der Waals surface area contributed by atoms with E-state index in [1.165, 1.54) is 25.3 Å². The number of hydrogen-bond donors (Lipinski definition) is 3. The minimum absolute atomic E-state index is 0.0276. The number of halogens is 2. The molecule has 194 valence electrons. The van der Waals surface area contributed by atoms with Crippen molar-refractivity contribution >= 4 is 18.2 Å². The number of carbonyl (C=O) groups is 2. The molecule has 1 aromatic rings. The van der Waals surface area contributed by atoms with E-state index in [2.05, 4.69) is 24.2 Å². The van der Waals surface area contributed by atoms with Crippen molar-refractivity contribution in [3.05, 3.63) is 47.9 Å². The molecule has 0 saturated heterocycles. The summed E-state index contributed by atoms with van der Waals surface area (Å²) >= 11 is 0. The van der Waals surface area contributed by atoms with Crippen molar-refractivity contribution in [1.29, 1.82) is 0 Å². The number of aliphatic hydroxyl groups excluding tert-OH is 1. The van der Waals surface area contributed by atoms with Crippen molar-refractivity contribution in [2.75, 3.05) is 26.8 Å². The number of nitrogens with two attached hydrogens (primary N) is 1. The molecule has 0 spiro atoms. The van der Waals surface area contributed by atoms with Gasteiger partial charge in [-0.2, -0.15) is 9.38 Å². The van der Waals surface area contributed by atoms with Gasteiger partial charge in [-0.15, -0.1) is 0 Å². The summed E-state index contributed by atoms with van der Waals surface area (Å²) in [5.74, 6) is -1.83. The van der Waals surface area contributed by atoms with Crippen LogP contribution >= 0.6 is 0 Å². The molecule has 1 atom stereocenters. The number of nitrogens with one attached hydrogen (secondary N) is 1. The third-order valence-corrected chi connectivity index (χ3v) is 4.76. The molecule has 1 heterocycles. The van der Waals surface area contributed by atoms with Gasteiger partial charge in [-0.05, 0) is 43.9 Å². The van der Waals surface area contributed by atoms with Gasteiger partial charge in [0.25, 0.3) is 5.91 Å². The summed E-state index contributed by atoms with van der Waals surface area (Å²) in [6.45, 7) is 7.11. The number of aliphatic hydroxyl groups is 1. The Balaban J connectivity index is 0.000000434. The molecule has 0 aliphatic carbocycles. The van der Waals surface area contributed by atoms with Gasteiger partial charge < -0.3 is 30.5 Å². The molecule has 35 heavy (non-hydrogen) atoms. The Morgan fingerprint density at radius 2 is 2.06 bits per heavy atom. The molecule has 0 radical (unpaired) electrons. The first kappa shape index (κ1) is 29.6. The first-order valence-corrected chi connectivity index (χ1v) is 11.1. The summed E-state index contributed by atoms with van der Waals surface area (Å²) in [4.78, 5) is 26.8. The molecular formula is C24H34F2N4O5. The monoisotopic (exact) mass is 496 g/mol. The minimum atomic E-state index is -0.922. The summed E-state index contributed by atoms with van der Waals surface area (Å²) in [5, 5.41) is 11.3. The Hall–Kier alpha value is -3.47. The van der Waals surface area contributed by atoms with Crippen LogP contribution in [0, 0.1) is 17.6 Å². The highest BCUT2D eigenvalue weighted by atomic mass is 19.1. The number of methoxy groups -OCH3 is 1. The van der Waals surface area contributed by atoms with Gasteiger partial charge >= 0.3 is 0 Å². The summed E-state index contributed by atoms with van der Waals surface area (Å²) in [7, 11) is 1.29. The van der Waals surface area contributed by atoms with E-state index in [-0.39, 0.29) is 42.4 Å². The second kappa shape index (κ2) is 15.4. The molecule has 4 N–H and O–H groups in total. The highest BCUT2D eigenvalue weighted by Crippen LogP contribution is 2.32. The topological polar surface area (TPSA) is 126 Å². The summed E-state index contributed by atoms with van der Waals surface area (Å²) in [6, 6.07) is 2.27. The number of rotatable bonds is 12. The lowest BCUT2D eigenvalue weighted by Gasteiger charge is -2.26. The fraction of sp³-hybridized carbons (Fsp3) is 0.458. The fourth-order valence-electron chi connectivity index (χ4n) is 3.17. The van der Waals surface area contributed by atoms with E-state index in [4.69, 9.17) is 20.3 Å². The molecule has 0 fully saturated rings. The van der Waals surface area contributed by atoms with Gasteiger partial charge in [-0.3, -0.25) is 9.59 Å². The van der Waals surface area contributed by atoms with Crippen molar-refractivity contribution in [1.82, 2.24) is 10.2 Å². The lowest BCUT2D eigenvalue weighted by molar-refractivity contribution is -0.126. The van der Waals surface area contributed by atoms with E-state index in [0.717, 1.165) is 12.5 Å². The van der Waals surface area contributed by atoms with Crippen molar-refractivity contribution in [2.24, 2.45) is 16.6 Å². The van der Waals surface area contributed by atoms with Crippen LogP contribution in [0.15, 0.2) is 41.2 Å². The van der Waals surface area contributed by atoms with Gasteiger partial charge in [0.1, 0.15) is 11.6 Å². The molecule has 9 nitrogen and oxygen atoms in total. The summed E-state index contributed by atoms with van der Waals surface area (Å²) in [5.41, 5.74) is 5.24. The number of ether oxygens (including phenoxy) is 2. The van der Waals surface area contributed by atoms with E-state index in [1.807, 2.05) is 6.92 Å². The van der Waals surface area contributed by atoms with Crippen LogP contribution in [0.25, 0.3) is 0 Å². The van der Waals surface area contributed by atoms with E-state index in [0.29, 0.717) is 25.3 Å². The maximum atomic E-state index is 14.1. The highest BCUT2D eigenvalue weighted by molar-refractivity contribution is 5.95. The lowest BCUT2D eigenvalue weighted by atomic mass is 10.0. The van der Waals surface area contributed by atoms with Gasteiger partial charge in [0.15, 0.2) is 11.6 Å². The van der Waals surface area contributed by atoms with Crippen LogP contribution in [0.4, 0.5) is 8.78 Å². The van der Waals surface area contributed by atoms with Gasteiger partial charge in [-0.25, -0.2) is 4.39 Å². The van der Waals surface area contributed by atoms with Crippen LogP contribution in [-0.2, 0) is 9.59 Å². The zero-order valence-corrected chi connectivity index (χ0v) is 20.5. The van der Waals surface area contributed by atoms with Crippen LogP contribution in [-0.4, -0.2) is 61.0 Å². The second-order valence-electron chi connectivity index (χ2n) is 8.07. The molecule has 0 bridgehead atoms. The molecule has 2 amide bonds. The van der Waals surface area contributed by atoms with Crippen LogP contribution in [0.5, 0.6) is 11.5 Å². The molecule has 0 saturated carbocycles. The molecule has 1 aliphatic heterocycles.